The van der Waals surface area contributed by atoms with E-state index in [0.29, 0.717) is 0 Å². The Morgan fingerprint density at radius 2 is 1.50 bits per heavy atom. The van der Waals surface area contributed by atoms with Crippen LogP contribution in [0.2, 0.25) is 0 Å². The van der Waals surface area contributed by atoms with E-state index in [-0.39, 0.29) is 5.60 Å². The molecule has 0 N–H and O–H groups in total. The van der Waals surface area contributed by atoms with Crippen molar-refractivity contribution in [2.45, 2.75) is 18.4 Å². The minimum Gasteiger partial charge on any atom is -0.486 e. The lowest BCUT2D eigenvalue weighted by Gasteiger charge is -2.15. The first-order valence-electron chi connectivity index (χ1n) is 6.22. The number of ether oxygens (including phenoxy) is 1. The third-order valence-corrected chi connectivity index (χ3v) is 4.37. The monoisotopic (exact) mass is 302 g/mol. The second kappa shape index (κ2) is 4.77. The highest BCUT2D eigenvalue weighted by molar-refractivity contribution is 9.09. The van der Waals surface area contributed by atoms with Gasteiger partial charge in [-0.3, -0.25) is 0 Å². The molecule has 2 heteroatoms. The molecule has 0 heterocycles. The van der Waals surface area contributed by atoms with E-state index in [9.17, 15) is 0 Å². The zero-order valence-electron chi connectivity index (χ0n) is 10.1. The van der Waals surface area contributed by atoms with Crippen LogP contribution in [-0.2, 0) is 0 Å². The zero-order chi connectivity index (χ0) is 12.4. The second-order valence-electron chi connectivity index (χ2n) is 4.81. The van der Waals surface area contributed by atoms with Crippen molar-refractivity contribution in [1.82, 2.24) is 0 Å². The van der Waals surface area contributed by atoms with Gasteiger partial charge < -0.3 is 4.74 Å². The van der Waals surface area contributed by atoms with E-state index in [1.54, 1.807) is 0 Å². The first kappa shape index (κ1) is 11.8. The maximum atomic E-state index is 6.01. The minimum absolute atomic E-state index is 0.0638. The predicted octanol–water partition coefficient (Wildman–Crippen LogP) is 4.66. The van der Waals surface area contributed by atoms with Crippen LogP contribution in [0.1, 0.15) is 12.8 Å². The summed E-state index contributed by atoms with van der Waals surface area (Å²) in [4.78, 5) is 0. The largest absolute Gasteiger partial charge is 0.486 e. The predicted molar refractivity (Wildman–Crippen MR) is 78.3 cm³/mol. The molecule has 1 nitrogen and oxygen atoms in total. The molecule has 1 aliphatic rings. The van der Waals surface area contributed by atoms with E-state index in [1.165, 1.54) is 11.1 Å². The lowest BCUT2D eigenvalue weighted by Crippen LogP contribution is -2.19. The van der Waals surface area contributed by atoms with Crippen molar-refractivity contribution in [3.05, 3.63) is 54.6 Å². The molecule has 0 aromatic heterocycles. The van der Waals surface area contributed by atoms with Crippen molar-refractivity contribution >= 4 is 15.9 Å². The molecule has 0 aliphatic heterocycles. The van der Waals surface area contributed by atoms with E-state index in [4.69, 9.17) is 4.74 Å². The van der Waals surface area contributed by atoms with Crippen molar-refractivity contribution in [1.29, 1.82) is 0 Å². The maximum absolute atomic E-state index is 6.01. The molecule has 92 valence electrons. The molecule has 1 fully saturated rings. The molecule has 0 amide bonds. The molecule has 2 aromatic rings. The van der Waals surface area contributed by atoms with Crippen molar-refractivity contribution < 1.29 is 4.74 Å². The average molecular weight is 303 g/mol. The Morgan fingerprint density at radius 3 is 2.06 bits per heavy atom. The normalized spacial score (nSPS) is 16.3. The molecule has 0 atom stereocenters. The summed E-state index contributed by atoms with van der Waals surface area (Å²) in [7, 11) is 0. The van der Waals surface area contributed by atoms with E-state index in [2.05, 4.69) is 64.5 Å². The molecule has 0 radical (unpaired) electrons. The van der Waals surface area contributed by atoms with E-state index < -0.39 is 0 Å². The van der Waals surface area contributed by atoms with E-state index in [0.717, 1.165) is 23.9 Å². The van der Waals surface area contributed by atoms with Crippen LogP contribution in [0.4, 0.5) is 0 Å². The fraction of sp³-hybridized carbons (Fsp3) is 0.250. The van der Waals surface area contributed by atoms with Crippen LogP contribution in [0, 0.1) is 0 Å². The molecule has 18 heavy (non-hydrogen) atoms. The SMILES string of the molecule is BrCC1(Oc2ccc(-c3ccccc3)cc2)CC1. The molecule has 1 aliphatic carbocycles. The van der Waals surface area contributed by atoms with Gasteiger partial charge in [0.1, 0.15) is 11.4 Å². The van der Waals surface area contributed by atoms with Gasteiger partial charge in [-0.15, -0.1) is 0 Å². The highest BCUT2D eigenvalue weighted by atomic mass is 79.9. The van der Waals surface area contributed by atoms with Gasteiger partial charge in [0, 0.05) is 5.33 Å². The van der Waals surface area contributed by atoms with Crippen LogP contribution in [0.15, 0.2) is 54.6 Å². The average Bonchev–Trinajstić information content (AvgIpc) is 3.21. The van der Waals surface area contributed by atoms with Gasteiger partial charge in [0.05, 0.1) is 0 Å². The summed E-state index contributed by atoms with van der Waals surface area (Å²) in [5, 5.41) is 0.917. The van der Waals surface area contributed by atoms with Crippen LogP contribution in [0.5, 0.6) is 5.75 Å². The van der Waals surface area contributed by atoms with Gasteiger partial charge in [0.2, 0.25) is 0 Å². The summed E-state index contributed by atoms with van der Waals surface area (Å²) in [6.07, 6.45) is 2.30. The van der Waals surface area contributed by atoms with E-state index in [1.807, 2.05) is 6.07 Å². The fourth-order valence-corrected chi connectivity index (χ4v) is 2.67. The lowest BCUT2D eigenvalue weighted by atomic mass is 10.1. The molecule has 0 bridgehead atoms. The minimum atomic E-state index is 0.0638. The first-order chi connectivity index (χ1) is 8.81. The van der Waals surface area contributed by atoms with Crippen LogP contribution >= 0.6 is 15.9 Å². The number of hydrogen-bond donors (Lipinski definition) is 0. The van der Waals surface area contributed by atoms with Gasteiger partial charge >= 0.3 is 0 Å². The first-order valence-corrected chi connectivity index (χ1v) is 7.34. The summed E-state index contributed by atoms with van der Waals surface area (Å²) < 4.78 is 6.01. The molecular formula is C16H15BrO. The summed E-state index contributed by atoms with van der Waals surface area (Å²) in [5.41, 5.74) is 2.53. The second-order valence-corrected chi connectivity index (χ2v) is 5.37. The molecular weight excluding hydrogens is 288 g/mol. The molecule has 1 saturated carbocycles. The highest BCUT2D eigenvalue weighted by Crippen LogP contribution is 2.41. The Balaban J connectivity index is 1.77. The van der Waals surface area contributed by atoms with Gasteiger partial charge in [-0.1, -0.05) is 58.4 Å². The standard InChI is InChI=1S/C16H15BrO/c17-12-16(10-11-16)18-15-8-6-14(7-9-15)13-4-2-1-3-5-13/h1-9H,10-12H2. The quantitative estimate of drug-likeness (QED) is 0.746. The molecule has 0 saturated heterocycles. The molecule has 0 unspecified atom stereocenters. The van der Waals surface area contributed by atoms with Crippen LogP contribution in [0.25, 0.3) is 11.1 Å². The summed E-state index contributed by atoms with van der Waals surface area (Å²) in [5.74, 6) is 0.964. The lowest BCUT2D eigenvalue weighted by molar-refractivity contribution is 0.206. The van der Waals surface area contributed by atoms with Crippen molar-refractivity contribution in [3.63, 3.8) is 0 Å². The number of rotatable bonds is 4. The molecule has 3 rings (SSSR count). The number of benzene rings is 2. The summed E-state index contributed by atoms with van der Waals surface area (Å²) in [6.45, 7) is 0. The Bertz CT molecular complexity index is 515. The zero-order valence-corrected chi connectivity index (χ0v) is 11.7. The number of halogens is 1. The van der Waals surface area contributed by atoms with Crippen LogP contribution in [-0.4, -0.2) is 10.9 Å². The Morgan fingerprint density at radius 1 is 0.889 bits per heavy atom. The Hall–Kier alpha value is -1.28. The molecule has 2 aromatic carbocycles. The smallest absolute Gasteiger partial charge is 0.120 e. The number of hydrogen-bond acceptors (Lipinski definition) is 1. The van der Waals surface area contributed by atoms with Crippen LogP contribution < -0.4 is 4.74 Å². The summed E-state index contributed by atoms with van der Waals surface area (Å²) >= 11 is 3.52. The Kier molecular flexibility index (Phi) is 3.13. The maximum Gasteiger partial charge on any atom is 0.120 e. The van der Waals surface area contributed by atoms with Gasteiger partial charge in [-0.25, -0.2) is 0 Å². The van der Waals surface area contributed by atoms with Gasteiger partial charge in [0.15, 0.2) is 0 Å². The molecule has 0 spiro atoms. The van der Waals surface area contributed by atoms with Gasteiger partial charge in [-0.05, 0) is 36.1 Å². The topological polar surface area (TPSA) is 9.23 Å². The van der Waals surface area contributed by atoms with Gasteiger partial charge in [-0.2, -0.15) is 0 Å². The van der Waals surface area contributed by atoms with Gasteiger partial charge in [0.25, 0.3) is 0 Å². The van der Waals surface area contributed by atoms with Crippen molar-refractivity contribution in [3.8, 4) is 16.9 Å². The third kappa shape index (κ3) is 2.44. The third-order valence-electron chi connectivity index (χ3n) is 3.35. The van der Waals surface area contributed by atoms with Crippen LogP contribution in [0.3, 0.4) is 0 Å². The van der Waals surface area contributed by atoms with Crippen molar-refractivity contribution in [2.24, 2.45) is 0 Å². The van der Waals surface area contributed by atoms with E-state index >= 15 is 0 Å². The summed E-state index contributed by atoms with van der Waals surface area (Å²) in [6, 6.07) is 18.8. The highest BCUT2D eigenvalue weighted by Gasteiger charge is 2.44. The Labute approximate surface area is 116 Å². The number of alkyl halides is 1. The fourth-order valence-electron chi connectivity index (χ4n) is 2.00. The van der Waals surface area contributed by atoms with Crippen molar-refractivity contribution in [2.75, 3.05) is 5.33 Å².